The fourth-order valence-corrected chi connectivity index (χ4v) is 1.48. The van der Waals surface area contributed by atoms with Crippen molar-refractivity contribution in [2.75, 3.05) is 6.54 Å². The summed E-state index contributed by atoms with van der Waals surface area (Å²) in [6, 6.07) is 0. The van der Waals surface area contributed by atoms with Gasteiger partial charge in [-0.2, -0.15) is 0 Å². The van der Waals surface area contributed by atoms with Crippen LogP contribution in [0.15, 0.2) is 0 Å². The molecule has 0 bridgehead atoms. The number of nitrogens with one attached hydrogen (secondary N) is 1. The van der Waals surface area contributed by atoms with Crippen molar-refractivity contribution in [1.82, 2.24) is 5.32 Å². The molecule has 2 N–H and O–H groups in total. The van der Waals surface area contributed by atoms with E-state index in [1.165, 1.54) is 19.3 Å². The molecule has 2 atom stereocenters. The highest BCUT2D eigenvalue weighted by molar-refractivity contribution is 6.59. The van der Waals surface area contributed by atoms with E-state index in [0.717, 1.165) is 6.54 Å². The Hall–Kier alpha value is -0.0151. The first-order chi connectivity index (χ1) is 5.52. The van der Waals surface area contributed by atoms with Gasteiger partial charge >= 0.3 is 0 Å². The Morgan fingerprint density at radius 1 is 1.33 bits per heavy atom. The quantitative estimate of drug-likeness (QED) is 0.472. The van der Waals surface area contributed by atoms with E-state index in [9.17, 15) is 5.11 Å². The summed E-state index contributed by atoms with van der Waals surface area (Å²) in [6.45, 7) is 7.09. The van der Waals surface area contributed by atoms with Crippen LogP contribution in [0.25, 0.3) is 0 Å². The first-order valence-corrected chi connectivity index (χ1v) is 4.86. The fourth-order valence-electron chi connectivity index (χ4n) is 1.48. The molecular weight excluding hydrogens is 149 g/mol. The van der Waals surface area contributed by atoms with Gasteiger partial charge in [0.2, 0.25) is 0 Å². The van der Waals surface area contributed by atoms with Crippen molar-refractivity contribution >= 4 is 7.28 Å². The Kier molecular flexibility index (Phi) is 2.84. The molecule has 0 aliphatic carbocycles. The largest absolute Gasteiger partial charge is 0.398 e. The lowest BCUT2D eigenvalue weighted by molar-refractivity contribution is 0.147. The van der Waals surface area contributed by atoms with Crippen molar-refractivity contribution in [3.8, 4) is 0 Å². The van der Waals surface area contributed by atoms with Crippen LogP contribution in [0.3, 0.4) is 0 Å². The molecule has 3 heteroatoms. The molecule has 1 fully saturated rings. The van der Waals surface area contributed by atoms with E-state index in [-0.39, 0.29) is 5.44 Å². The topological polar surface area (TPSA) is 32.3 Å². The van der Waals surface area contributed by atoms with Crippen LogP contribution in [0, 0.1) is 0 Å². The summed E-state index contributed by atoms with van der Waals surface area (Å²) in [5, 5.41) is 12.9. The lowest BCUT2D eigenvalue weighted by Gasteiger charge is -2.17. The summed E-state index contributed by atoms with van der Waals surface area (Å²) >= 11 is 0. The zero-order chi connectivity index (χ0) is 9.24. The van der Waals surface area contributed by atoms with E-state index in [1.54, 1.807) is 0 Å². The monoisotopic (exact) mass is 168 g/mol. The highest BCUT2D eigenvalue weighted by atomic mass is 16.3. The Morgan fingerprint density at radius 3 is 2.33 bits per heavy atom. The molecule has 0 saturated carbocycles. The summed E-state index contributed by atoms with van der Waals surface area (Å²) in [4.78, 5) is 0. The smallest absolute Gasteiger partial charge is 0.183 e. The lowest BCUT2D eigenvalue weighted by Crippen LogP contribution is -2.37. The zero-order valence-corrected chi connectivity index (χ0v) is 8.35. The molecule has 12 heavy (non-hydrogen) atoms. The van der Waals surface area contributed by atoms with Gasteiger partial charge < -0.3 is 10.4 Å². The molecule has 2 unspecified atom stereocenters. The van der Waals surface area contributed by atoms with Gasteiger partial charge in [-0.1, -0.05) is 26.7 Å². The average Bonchev–Trinajstić information content (AvgIpc) is 2.45. The van der Waals surface area contributed by atoms with Gasteiger partial charge in [0.05, 0.1) is 0 Å². The molecule has 69 valence electrons. The molecule has 1 saturated heterocycles. The maximum Gasteiger partial charge on any atom is 0.183 e. The van der Waals surface area contributed by atoms with Gasteiger partial charge in [-0.3, -0.25) is 0 Å². The van der Waals surface area contributed by atoms with E-state index >= 15 is 0 Å². The first-order valence-electron chi connectivity index (χ1n) is 4.86. The molecule has 1 rings (SSSR count). The summed E-state index contributed by atoms with van der Waals surface area (Å²) in [5.74, 6) is 0. The van der Waals surface area contributed by atoms with Crippen LogP contribution in [-0.4, -0.2) is 29.9 Å². The number of hydrogen-bond donors (Lipinski definition) is 2. The van der Waals surface area contributed by atoms with Gasteiger partial charge in [0.1, 0.15) is 0 Å². The second-order valence-corrected chi connectivity index (χ2v) is 4.13. The lowest BCUT2D eigenvalue weighted by atomic mass is 9.95. The molecule has 0 aromatic rings. The Morgan fingerprint density at radius 2 is 1.92 bits per heavy atom. The van der Waals surface area contributed by atoms with Crippen molar-refractivity contribution in [2.24, 2.45) is 0 Å². The molecule has 1 aliphatic rings. The maximum atomic E-state index is 9.59. The summed E-state index contributed by atoms with van der Waals surface area (Å²) < 4.78 is 0. The third-order valence-electron chi connectivity index (χ3n) is 2.81. The normalized spacial score (nSPS) is 39.3. The van der Waals surface area contributed by atoms with Crippen molar-refractivity contribution in [1.29, 1.82) is 0 Å². The SMILES string of the molecule is CCCCCNC1(C)[B]C1(C)O. The molecule has 0 aromatic carbocycles. The first kappa shape index (κ1) is 10.1. The molecule has 0 amide bonds. The molecule has 1 aliphatic heterocycles. The standard InChI is InChI=1S/C9H19BNO/c1-4-5-6-7-11-8(2)9(3,12)10-8/h11-12H,4-7H2,1-3H3. The van der Waals surface area contributed by atoms with E-state index in [0.29, 0.717) is 0 Å². The van der Waals surface area contributed by atoms with Gasteiger partial charge in [0.25, 0.3) is 0 Å². The number of hydrogen-bond acceptors (Lipinski definition) is 2. The van der Waals surface area contributed by atoms with Crippen LogP contribution in [0.2, 0.25) is 0 Å². The van der Waals surface area contributed by atoms with Gasteiger partial charge in [-0.25, -0.2) is 0 Å². The van der Waals surface area contributed by atoms with Crippen molar-refractivity contribution in [3.63, 3.8) is 0 Å². The minimum absolute atomic E-state index is 0.124. The van der Waals surface area contributed by atoms with Gasteiger partial charge in [-0.15, -0.1) is 0 Å². The minimum atomic E-state index is -0.584. The van der Waals surface area contributed by atoms with Crippen molar-refractivity contribution in [3.05, 3.63) is 0 Å². The molecule has 1 radical (unpaired) electrons. The van der Waals surface area contributed by atoms with Crippen LogP contribution < -0.4 is 5.32 Å². The third kappa shape index (κ3) is 2.02. The Bertz CT molecular complexity index is 161. The van der Waals surface area contributed by atoms with Gasteiger partial charge in [0, 0.05) is 10.9 Å². The van der Waals surface area contributed by atoms with E-state index in [2.05, 4.69) is 12.2 Å². The Labute approximate surface area is 76.0 Å². The van der Waals surface area contributed by atoms with E-state index in [1.807, 2.05) is 21.1 Å². The maximum absolute atomic E-state index is 9.59. The highest BCUT2D eigenvalue weighted by Crippen LogP contribution is 2.36. The van der Waals surface area contributed by atoms with E-state index < -0.39 is 5.50 Å². The van der Waals surface area contributed by atoms with Gasteiger partial charge in [-0.05, 0) is 19.9 Å². The minimum Gasteiger partial charge on any atom is -0.398 e. The molecular formula is C9H19BNO. The van der Waals surface area contributed by atoms with Crippen LogP contribution in [0.4, 0.5) is 0 Å². The van der Waals surface area contributed by atoms with Crippen LogP contribution >= 0.6 is 0 Å². The second-order valence-electron chi connectivity index (χ2n) is 4.13. The summed E-state index contributed by atoms with van der Waals surface area (Å²) in [7, 11) is 1.95. The predicted molar refractivity (Wildman–Crippen MR) is 52.3 cm³/mol. The molecule has 1 heterocycles. The van der Waals surface area contributed by atoms with Crippen molar-refractivity contribution in [2.45, 2.75) is 51.0 Å². The fraction of sp³-hybridized carbons (Fsp3) is 1.00. The number of aliphatic hydroxyl groups is 1. The molecule has 2 nitrogen and oxygen atoms in total. The van der Waals surface area contributed by atoms with Crippen LogP contribution in [0.1, 0.15) is 40.0 Å². The molecule has 0 spiro atoms. The Balaban J connectivity index is 2.09. The third-order valence-corrected chi connectivity index (χ3v) is 2.81. The van der Waals surface area contributed by atoms with Crippen LogP contribution in [0.5, 0.6) is 0 Å². The van der Waals surface area contributed by atoms with E-state index in [4.69, 9.17) is 0 Å². The summed E-state index contributed by atoms with van der Waals surface area (Å²) in [5.41, 5.74) is -0.708. The molecule has 0 aromatic heterocycles. The number of rotatable bonds is 5. The average molecular weight is 168 g/mol. The second kappa shape index (κ2) is 3.39. The zero-order valence-electron chi connectivity index (χ0n) is 8.35. The summed E-state index contributed by atoms with van der Waals surface area (Å²) in [6.07, 6.45) is 3.72. The highest BCUT2D eigenvalue weighted by Gasteiger charge is 2.60. The predicted octanol–water partition coefficient (Wildman–Crippen LogP) is 0.909. The van der Waals surface area contributed by atoms with Gasteiger partial charge in [0.15, 0.2) is 7.28 Å². The number of unbranched alkanes of at least 4 members (excludes halogenated alkanes) is 2. The van der Waals surface area contributed by atoms with Crippen molar-refractivity contribution < 1.29 is 5.11 Å². The van der Waals surface area contributed by atoms with Crippen LogP contribution in [-0.2, 0) is 0 Å².